The minimum Gasteiger partial charge on any atom is -0.201 e. The summed E-state index contributed by atoms with van der Waals surface area (Å²) in [6.45, 7) is 4.75. The Balaban J connectivity index is 2.25. The maximum absolute atomic E-state index is 2.44. The first-order valence-electron chi connectivity index (χ1n) is 6.55. The highest BCUT2D eigenvalue weighted by atomic mass is 32.8. The fourth-order valence-electron chi connectivity index (χ4n) is 2.37. The van der Waals surface area contributed by atoms with Crippen molar-refractivity contribution in [2.24, 2.45) is 0 Å². The topological polar surface area (TPSA) is 0 Å². The van der Waals surface area contributed by atoms with Gasteiger partial charge in [0.05, 0.1) is 0 Å². The molecule has 2 rings (SSSR count). The van der Waals surface area contributed by atoms with Gasteiger partial charge in [-0.05, 0) is 35.1 Å². The first-order chi connectivity index (χ1) is 8.92. The molecule has 0 nitrogen and oxygen atoms in total. The molecule has 0 aliphatic carbocycles. The van der Waals surface area contributed by atoms with Crippen LogP contribution in [0.1, 0.15) is 19.4 Å². The molecule has 2 heteroatoms. The van der Waals surface area contributed by atoms with Crippen LogP contribution in [0.25, 0.3) is 0 Å². The molecule has 1 unspecified atom stereocenters. The Hall–Kier alpha value is -0.780. The van der Waals surface area contributed by atoms with Gasteiger partial charge in [-0.2, -0.15) is 0 Å². The van der Waals surface area contributed by atoms with Crippen LogP contribution in [-0.2, 0) is 5.16 Å². The van der Waals surface area contributed by atoms with Gasteiger partial charge >= 0.3 is 0 Å². The zero-order valence-corrected chi connectivity index (χ0v) is 14.0. The highest BCUT2D eigenvalue weighted by Crippen LogP contribution is 2.71. The summed E-state index contributed by atoms with van der Waals surface area (Å²) >= 11 is 0. The minimum atomic E-state index is -0.738. The van der Waals surface area contributed by atoms with E-state index in [9.17, 15) is 0 Å². The molecule has 1 atom stereocenters. The van der Waals surface area contributed by atoms with Crippen LogP contribution in [0.15, 0.2) is 65.6 Å². The van der Waals surface area contributed by atoms with E-state index in [0.29, 0.717) is 0 Å². The van der Waals surface area contributed by atoms with E-state index in [2.05, 4.69) is 87.0 Å². The molecule has 0 amide bonds. The van der Waals surface area contributed by atoms with Crippen molar-refractivity contribution >= 4 is 17.4 Å². The van der Waals surface area contributed by atoms with Gasteiger partial charge in [0, 0.05) is 5.16 Å². The predicted octanol–water partition coefficient (Wildman–Crippen LogP) is 5.64. The van der Waals surface area contributed by atoms with Gasteiger partial charge in [0.1, 0.15) is 0 Å². The first kappa shape index (κ1) is 14.6. The van der Waals surface area contributed by atoms with Gasteiger partial charge in [-0.1, -0.05) is 70.2 Å². The second-order valence-corrected chi connectivity index (χ2v) is 14.0. The van der Waals surface area contributed by atoms with E-state index in [-0.39, 0.29) is 5.16 Å². The van der Waals surface area contributed by atoms with Gasteiger partial charge < -0.3 is 0 Å². The van der Waals surface area contributed by atoms with Crippen LogP contribution in [-0.4, -0.2) is 12.5 Å². The molecule has 0 saturated carbocycles. The lowest BCUT2D eigenvalue weighted by Gasteiger charge is -2.40. The smallest absolute Gasteiger partial charge is 0.0151 e. The second kappa shape index (κ2) is 5.69. The Kier molecular flexibility index (Phi) is 4.38. The van der Waals surface area contributed by atoms with Crippen molar-refractivity contribution in [1.29, 1.82) is 0 Å². The Morgan fingerprint density at radius 1 is 0.789 bits per heavy atom. The standard InChI is InChI=1S/C17H23PS/c1-17(2,15-11-7-5-8-12-15)18-19(3,4)16-13-9-6-10-14-16/h5-14,18H,1-4H3. The fourth-order valence-corrected chi connectivity index (χ4v) is 9.83. The molecule has 0 heterocycles. The van der Waals surface area contributed by atoms with E-state index in [4.69, 9.17) is 0 Å². The van der Waals surface area contributed by atoms with Crippen molar-refractivity contribution in [3.05, 3.63) is 66.2 Å². The van der Waals surface area contributed by atoms with Gasteiger partial charge in [-0.3, -0.25) is 0 Å². The highest BCUT2D eigenvalue weighted by Gasteiger charge is 2.28. The third kappa shape index (κ3) is 3.61. The first-order valence-corrected chi connectivity index (χ1v) is 10.7. The zero-order chi connectivity index (χ0) is 13.9. The van der Waals surface area contributed by atoms with Gasteiger partial charge in [-0.15, -0.1) is 0 Å². The zero-order valence-electron chi connectivity index (χ0n) is 12.2. The highest BCUT2D eigenvalue weighted by molar-refractivity contribution is 8.72. The van der Waals surface area contributed by atoms with Crippen molar-refractivity contribution in [3.63, 3.8) is 0 Å². The van der Waals surface area contributed by atoms with E-state index in [1.165, 1.54) is 10.5 Å². The summed E-state index contributed by atoms with van der Waals surface area (Å²) in [4.78, 5) is 1.51. The Labute approximate surface area is 120 Å². The number of rotatable bonds is 4. The molecule has 0 aliphatic heterocycles. The molecule has 0 aliphatic rings. The molecule has 19 heavy (non-hydrogen) atoms. The lowest BCUT2D eigenvalue weighted by molar-refractivity contribution is 0.780. The van der Waals surface area contributed by atoms with E-state index >= 15 is 0 Å². The Morgan fingerprint density at radius 2 is 1.26 bits per heavy atom. The molecule has 0 saturated heterocycles. The molecule has 2 aromatic carbocycles. The number of benzene rings is 2. The summed E-state index contributed by atoms with van der Waals surface area (Å²) in [5.74, 6) is 0. The molecule has 0 spiro atoms. The molecule has 2 aromatic rings. The van der Waals surface area contributed by atoms with Crippen LogP contribution in [0.3, 0.4) is 0 Å². The van der Waals surface area contributed by atoms with Crippen LogP contribution in [0.2, 0.25) is 0 Å². The summed E-state index contributed by atoms with van der Waals surface area (Å²) < 4.78 is 0. The Bertz CT molecular complexity index is 468. The monoisotopic (exact) mass is 290 g/mol. The third-order valence-corrected chi connectivity index (χ3v) is 9.87. The largest absolute Gasteiger partial charge is 0.201 e. The summed E-state index contributed by atoms with van der Waals surface area (Å²) in [5.41, 5.74) is 1.45. The van der Waals surface area contributed by atoms with Crippen LogP contribution in [0, 0.1) is 0 Å². The van der Waals surface area contributed by atoms with Crippen molar-refractivity contribution in [2.45, 2.75) is 23.9 Å². The molecule has 0 fully saturated rings. The van der Waals surface area contributed by atoms with Crippen molar-refractivity contribution in [3.8, 4) is 0 Å². The normalized spacial score (nSPS) is 13.9. The van der Waals surface area contributed by atoms with Gasteiger partial charge in [0.15, 0.2) is 0 Å². The summed E-state index contributed by atoms with van der Waals surface area (Å²) in [5, 5.41) is 0.246. The molecular formula is C17H23PS. The molecule has 0 bridgehead atoms. The average Bonchev–Trinajstić information content (AvgIpc) is 2.40. The molecule has 0 aromatic heterocycles. The maximum atomic E-state index is 2.44. The number of hydrogen-bond acceptors (Lipinski definition) is 0. The molecule has 0 N–H and O–H groups in total. The van der Waals surface area contributed by atoms with Gasteiger partial charge in [-0.25, -0.2) is 9.65 Å². The van der Waals surface area contributed by atoms with Crippen molar-refractivity contribution in [2.75, 3.05) is 12.5 Å². The van der Waals surface area contributed by atoms with Gasteiger partial charge in [0.25, 0.3) is 0 Å². The van der Waals surface area contributed by atoms with E-state index in [1.54, 1.807) is 0 Å². The summed E-state index contributed by atoms with van der Waals surface area (Å²) in [6, 6.07) is 21.9. The molecule has 102 valence electrons. The van der Waals surface area contributed by atoms with Gasteiger partial charge in [0.2, 0.25) is 0 Å². The average molecular weight is 290 g/mol. The molecular weight excluding hydrogens is 267 g/mol. The van der Waals surface area contributed by atoms with Crippen LogP contribution in [0.4, 0.5) is 0 Å². The lowest BCUT2D eigenvalue weighted by Crippen LogP contribution is -2.11. The molecule has 0 radical (unpaired) electrons. The van der Waals surface area contributed by atoms with Crippen molar-refractivity contribution in [1.82, 2.24) is 0 Å². The fraction of sp³-hybridized carbons (Fsp3) is 0.294. The van der Waals surface area contributed by atoms with E-state index < -0.39 is 9.65 Å². The van der Waals surface area contributed by atoms with E-state index in [1.807, 2.05) is 0 Å². The third-order valence-electron chi connectivity index (χ3n) is 3.34. The Morgan fingerprint density at radius 3 is 1.79 bits per heavy atom. The van der Waals surface area contributed by atoms with Crippen LogP contribution >= 0.6 is 17.4 Å². The lowest BCUT2D eigenvalue weighted by atomic mass is 10.0. The van der Waals surface area contributed by atoms with Crippen molar-refractivity contribution < 1.29 is 0 Å². The predicted molar refractivity (Wildman–Crippen MR) is 91.9 cm³/mol. The summed E-state index contributed by atoms with van der Waals surface area (Å²) in [7, 11) is 0.185. The quantitative estimate of drug-likeness (QED) is 0.639. The second-order valence-electron chi connectivity index (χ2n) is 5.73. The summed E-state index contributed by atoms with van der Waals surface area (Å²) in [6.07, 6.45) is 4.87. The number of hydrogen-bond donors (Lipinski definition) is 0. The maximum Gasteiger partial charge on any atom is 0.0151 e. The SMILES string of the molecule is CC(C)(PS(C)(C)c1ccccc1)c1ccccc1. The minimum absolute atomic E-state index is 0.246. The van der Waals surface area contributed by atoms with Crippen LogP contribution < -0.4 is 0 Å². The van der Waals surface area contributed by atoms with E-state index in [0.717, 1.165) is 7.78 Å². The van der Waals surface area contributed by atoms with Crippen LogP contribution in [0.5, 0.6) is 0 Å².